The van der Waals surface area contributed by atoms with Gasteiger partial charge in [0, 0.05) is 17.8 Å². The molecule has 7 nitrogen and oxygen atoms in total. The van der Waals surface area contributed by atoms with Crippen LogP contribution in [0.3, 0.4) is 0 Å². The third-order valence-corrected chi connectivity index (χ3v) is 2.90. The molecule has 0 aliphatic rings. The van der Waals surface area contributed by atoms with Crippen molar-refractivity contribution in [2.24, 2.45) is 5.84 Å². The molecule has 0 aliphatic carbocycles. The average molecular weight is 288 g/mol. The Kier molecular flexibility index (Phi) is 4.34. The number of hydrogen-bond acceptors (Lipinski definition) is 6. The molecule has 2 aromatic rings. The molecule has 1 aromatic carbocycles. The molecule has 1 heterocycles. The molecule has 2 rings (SSSR count). The van der Waals surface area contributed by atoms with Crippen LogP contribution in [0.25, 0.3) is 0 Å². The summed E-state index contributed by atoms with van der Waals surface area (Å²) in [5.74, 6) is 6.22. The molecule has 1 aromatic heterocycles. The molecule has 0 amide bonds. The predicted octanol–water partition coefficient (Wildman–Crippen LogP) is 2.94. The first-order valence-corrected chi connectivity index (χ1v) is 6.44. The second kappa shape index (κ2) is 6.19. The summed E-state index contributed by atoms with van der Waals surface area (Å²) in [6.45, 7) is 3.86. The van der Waals surface area contributed by atoms with Gasteiger partial charge in [-0.1, -0.05) is 6.92 Å². The molecular weight excluding hydrogens is 272 g/mol. The van der Waals surface area contributed by atoms with Gasteiger partial charge in [0.25, 0.3) is 5.69 Å². The number of rotatable bonds is 5. The van der Waals surface area contributed by atoms with E-state index < -0.39 is 4.92 Å². The van der Waals surface area contributed by atoms with Gasteiger partial charge in [0.05, 0.1) is 22.4 Å². The fraction of sp³-hybridized carbons (Fsp3) is 0.214. The van der Waals surface area contributed by atoms with E-state index in [1.165, 1.54) is 12.1 Å². The highest BCUT2D eigenvalue weighted by atomic mass is 16.6. The fourth-order valence-corrected chi connectivity index (χ4v) is 1.90. The second-order valence-electron chi connectivity index (χ2n) is 4.47. The Morgan fingerprint density at radius 1 is 1.38 bits per heavy atom. The maximum atomic E-state index is 10.9. The van der Waals surface area contributed by atoms with Crippen LogP contribution < -0.4 is 16.0 Å². The smallest absolute Gasteiger partial charge is 0.275 e. The zero-order valence-corrected chi connectivity index (χ0v) is 11.8. The van der Waals surface area contributed by atoms with Crippen molar-refractivity contribution in [2.45, 2.75) is 20.3 Å². The van der Waals surface area contributed by atoms with E-state index >= 15 is 0 Å². The first kappa shape index (κ1) is 14.7. The van der Waals surface area contributed by atoms with E-state index in [2.05, 4.69) is 10.4 Å². The van der Waals surface area contributed by atoms with Crippen molar-refractivity contribution in [1.29, 1.82) is 0 Å². The van der Waals surface area contributed by atoms with Crippen LogP contribution in [-0.2, 0) is 6.42 Å². The molecule has 0 saturated carbocycles. The summed E-state index contributed by atoms with van der Waals surface area (Å²) in [5.41, 5.74) is 4.37. The maximum Gasteiger partial charge on any atom is 0.275 e. The van der Waals surface area contributed by atoms with Gasteiger partial charge in [-0.2, -0.15) is 0 Å². The van der Waals surface area contributed by atoms with Gasteiger partial charge in [0.15, 0.2) is 0 Å². The van der Waals surface area contributed by atoms with E-state index in [4.69, 9.17) is 10.6 Å². The number of nitrogens with two attached hydrogens (primary N) is 1. The SMILES string of the molecule is CCc1nc(C)ccc1Oc1cc(NN)cc([N+](=O)[O-])c1. The highest BCUT2D eigenvalue weighted by molar-refractivity contribution is 5.56. The van der Waals surface area contributed by atoms with Gasteiger partial charge in [-0.3, -0.25) is 20.9 Å². The van der Waals surface area contributed by atoms with Crippen LogP contribution >= 0.6 is 0 Å². The number of aromatic nitrogens is 1. The van der Waals surface area contributed by atoms with Crippen LogP contribution in [0.2, 0.25) is 0 Å². The molecule has 3 N–H and O–H groups in total. The number of benzene rings is 1. The summed E-state index contributed by atoms with van der Waals surface area (Å²) in [7, 11) is 0. The number of anilines is 1. The Hall–Kier alpha value is -2.67. The lowest BCUT2D eigenvalue weighted by Gasteiger charge is -2.11. The van der Waals surface area contributed by atoms with Gasteiger partial charge in [-0.05, 0) is 25.5 Å². The Labute approximate surface area is 121 Å². The van der Waals surface area contributed by atoms with Gasteiger partial charge in [-0.25, -0.2) is 0 Å². The van der Waals surface area contributed by atoms with Gasteiger partial charge < -0.3 is 10.2 Å². The lowest BCUT2D eigenvalue weighted by molar-refractivity contribution is -0.384. The molecule has 0 bridgehead atoms. The quantitative estimate of drug-likeness (QED) is 0.498. The average Bonchev–Trinajstić information content (AvgIpc) is 2.48. The standard InChI is InChI=1S/C14H16N4O3/c1-3-13-14(5-4-9(2)16-13)21-12-7-10(17-15)6-11(8-12)18(19)20/h4-8,17H,3,15H2,1-2H3. The molecule has 0 unspecified atom stereocenters. The van der Waals surface area contributed by atoms with Crippen LogP contribution in [-0.4, -0.2) is 9.91 Å². The van der Waals surface area contributed by atoms with Gasteiger partial charge in [0.1, 0.15) is 11.5 Å². The maximum absolute atomic E-state index is 10.9. The van der Waals surface area contributed by atoms with Crippen molar-refractivity contribution >= 4 is 11.4 Å². The largest absolute Gasteiger partial charge is 0.455 e. The summed E-state index contributed by atoms with van der Waals surface area (Å²) < 4.78 is 5.73. The topological polar surface area (TPSA) is 103 Å². The van der Waals surface area contributed by atoms with E-state index in [1.54, 1.807) is 12.1 Å². The van der Waals surface area contributed by atoms with Crippen LogP contribution in [0.5, 0.6) is 11.5 Å². The van der Waals surface area contributed by atoms with Crippen molar-refractivity contribution in [3.63, 3.8) is 0 Å². The number of nitrogen functional groups attached to an aromatic ring is 1. The monoisotopic (exact) mass is 288 g/mol. The number of hydrogen-bond donors (Lipinski definition) is 2. The Balaban J connectivity index is 2.39. The van der Waals surface area contributed by atoms with E-state index in [0.29, 0.717) is 23.6 Å². The van der Waals surface area contributed by atoms with E-state index in [-0.39, 0.29) is 5.69 Å². The van der Waals surface area contributed by atoms with Crippen LogP contribution in [0, 0.1) is 17.0 Å². The summed E-state index contributed by atoms with van der Waals surface area (Å²) in [5, 5.41) is 10.9. The van der Waals surface area contributed by atoms with Gasteiger partial charge >= 0.3 is 0 Å². The molecule has 21 heavy (non-hydrogen) atoms. The fourth-order valence-electron chi connectivity index (χ4n) is 1.90. The number of hydrazine groups is 1. The van der Waals surface area contributed by atoms with Gasteiger partial charge in [-0.15, -0.1) is 0 Å². The molecular formula is C14H16N4O3. The number of nitro benzene ring substituents is 1. The molecule has 0 spiro atoms. The Morgan fingerprint density at radius 3 is 2.76 bits per heavy atom. The van der Waals surface area contributed by atoms with E-state index in [0.717, 1.165) is 11.4 Å². The summed E-state index contributed by atoms with van der Waals surface area (Å²) in [6, 6.07) is 7.90. The summed E-state index contributed by atoms with van der Waals surface area (Å²) in [6.07, 6.45) is 0.702. The first-order valence-electron chi connectivity index (χ1n) is 6.44. The lowest BCUT2D eigenvalue weighted by Crippen LogP contribution is -2.07. The number of aryl methyl sites for hydroxylation is 2. The molecule has 0 aliphatic heterocycles. The number of non-ortho nitro benzene ring substituents is 1. The van der Waals surface area contributed by atoms with Gasteiger partial charge in [0.2, 0.25) is 0 Å². The minimum atomic E-state index is -0.498. The molecule has 0 fully saturated rings. The third kappa shape index (κ3) is 3.46. The number of ether oxygens (including phenoxy) is 1. The highest BCUT2D eigenvalue weighted by Crippen LogP contribution is 2.30. The molecule has 7 heteroatoms. The number of pyridine rings is 1. The van der Waals surface area contributed by atoms with Crippen LogP contribution in [0.15, 0.2) is 30.3 Å². The lowest BCUT2D eigenvalue weighted by atomic mass is 10.2. The molecule has 0 saturated heterocycles. The third-order valence-electron chi connectivity index (χ3n) is 2.90. The number of nitrogens with zero attached hydrogens (tertiary/aromatic N) is 2. The molecule has 0 atom stereocenters. The van der Waals surface area contributed by atoms with Crippen LogP contribution in [0.1, 0.15) is 18.3 Å². The van der Waals surface area contributed by atoms with Crippen molar-refractivity contribution < 1.29 is 9.66 Å². The van der Waals surface area contributed by atoms with E-state index in [9.17, 15) is 10.1 Å². The minimum Gasteiger partial charge on any atom is -0.455 e. The first-order chi connectivity index (χ1) is 10.0. The summed E-state index contributed by atoms with van der Waals surface area (Å²) in [4.78, 5) is 14.8. The number of nitrogens with one attached hydrogen (secondary N) is 1. The Bertz CT molecular complexity index is 673. The summed E-state index contributed by atoms with van der Waals surface area (Å²) >= 11 is 0. The van der Waals surface area contributed by atoms with E-state index in [1.807, 2.05) is 19.9 Å². The second-order valence-corrected chi connectivity index (χ2v) is 4.47. The predicted molar refractivity (Wildman–Crippen MR) is 79.3 cm³/mol. The number of nitro groups is 1. The van der Waals surface area contributed by atoms with Crippen molar-refractivity contribution in [1.82, 2.24) is 4.98 Å². The molecule has 110 valence electrons. The van der Waals surface area contributed by atoms with Crippen molar-refractivity contribution in [2.75, 3.05) is 5.43 Å². The molecule has 0 radical (unpaired) electrons. The highest BCUT2D eigenvalue weighted by Gasteiger charge is 2.12. The van der Waals surface area contributed by atoms with Crippen molar-refractivity contribution in [3.8, 4) is 11.5 Å². The Morgan fingerprint density at radius 2 is 2.14 bits per heavy atom. The zero-order valence-electron chi connectivity index (χ0n) is 11.8. The van der Waals surface area contributed by atoms with Crippen molar-refractivity contribution in [3.05, 3.63) is 51.8 Å². The minimum absolute atomic E-state index is 0.0985. The van der Waals surface area contributed by atoms with Crippen LogP contribution in [0.4, 0.5) is 11.4 Å². The normalized spacial score (nSPS) is 10.2. The zero-order chi connectivity index (χ0) is 15.4.